The van der Waals surface area contributed by atoms with Gasteiger partial charge < -0.3 is 10.1 Å². The number of amides is 1. The third-order valence-corrected chi connectivity index (χ3v) is 4.41. The van der Waals surface area contributed by atoms with Crippen LogP contribution in [0.15, 0.2) is 54.1 Å². The van der Waals surface area contributed by atoms with E-state index in [1.54, 1.807) is 20.8 Å². The predicted molar refractivity (Wildman–Crippen MR) is 107 cm³/mol. The first-order valence-electron chi connectivity index (χ1n) is 9.41. The molecule has 0 bridgehead atoms. The number of nitrogens with one attached hydrogen (secondary N) is 1. The average Bonchev–Trinajstić information content (AvgIpc) is 2.57. The molecule has 0 radical (unpaired) electrons. The van der Waals surface area contributed by atoms with E-state index >= 15 is 4.39 Å². The molecule has 1 heterocycles. The molecule has 1 amide bonds. The lowest BCUT2D eigenvalue weighted by Crippen LogP contribution is -2.64. The zero-order valence-corrected chi connectivity index (χ0v) is 17.0. The SMILES string of the molecule is C/C=C\C(=C/C)C(c1ccccc1)N1CC(F)(CNC(=O)OC(C)(C)C)C1. The maximum absolute atomic E-state index is 15.0. The molecule has 0 saturated carbocycles. The zero-order valence-electron chi connectivity index (χ0n) is 17.0. The summed E-state index contributed by atoms with van der Waals surface area (Å²) in [5, 5.41) is 2.56. The van der Waals surface area contributed by atoms with Crippen molar-refractivity contribution in [3.63, 3.8) is 0 Å². The van der Waals surface area contributed by atoms with Crippen LogP contribution in [0.3, 0.4) is 0 Å². The van der Waals surface area contributed by atoms with E-state index in [2.05, 4.69) is 34.5 Å². The number of carbonyl (C=O) groups excluding carboxylic acids is 1. The summed E-state index contributed by atoms with van der Waals surface area (Å²) < 4.78 is 20.2. The first-order valence-corrected chi connectivity index (χ1v) is 9.41. The van der Waals surface area contributed by atoms with Gasteiger partial charge in [0.15, 0.2) is 5.67 Å². The van der Waals surface area contributed by atoms with Gasteiger partial charge >= 0.3 is 6.09 Å². The number of alkyl carbamates (subject to hydrolysis) is 1. The van der Waals surface area contributed by atoms with Crippen molar-refractivity contribution >= 4 is 6.09 Å². The lowest BCUT2D eigenvalue weighted by Gasteiger charge is -2.49. The zero-order chi connectivity index (χ0) is 20.1. The van der Waals surface area contributed by atoms with Gasteiger partial charge in [-0.25, -0.2) is 9.18 Å². The number of ether oxygens (including phenoxy) is 1. The van der Waals surface area contributed by atoms with Crippen LogP contribution in [0.2, 0.25) is 0 Å². The number of alkyl halides is 1. The normalized spacial score (nSPS) is 18.8. The van der Waals surface area contributed by atoms with Crippen LogP contribution in [0.25, 0.3) is 0 Å². The molecule has 1 saturated heterocycles. The van der Waals surface area contributed by atoms with E-state index in [9.17, 15) is 4.79 Å². The number of carbonyl (C=O) groups is 1. The van der Waals surface area contributed by atoms with Crippen LogP contribution in [-0.4, -0.2) is 41.9 Å². The Hall–Kier alpha value is -2.14. The molecule has 1 aliphatic rings. The molecule has 1 fully saturated rings. The fraction of sp³-hybridized carbons (Fsp3) is 0.500. The number of allylic oxidation sites excluding steroid dienone is 2. The van der Waals surface area contributed by atoms with Gasteiger partial charge in [-0.3, -0.25) is 4.90 Å². The number of nitrogens with zero attached hydrogens (tertiary/aromatic N) is 1. The third kappa shape index (κ3) is 5.93. The summed E-state index contributed by atoms with van der Waals surface area (Å²) >= 11 is 0. The maximum atomic E-state index is 15.0. The molecule has 5 heteroatoms. The van der Waals surface area contributed by atoms with Crippen molar-refractivity contribution in [1.82, 2.24) is 10.2 Å². The van der Waals surface area contributed by atoms with Crippen LogP contribution >= 0.6 is 0 Å². The molecule has 0 spiro atoms. The summed E-state index contributed by atoms with van der Waals surface area (Å²) in [4.78, 5) is 13.9. The highest BCUT2D eigenvalue weighted by Crippen LogP contribution is 2.38. The van der Waals surface area contributed by atoms with E-state index in [0.717, 1.165) is 11.1 Å². The molecule has 1 aliphatic heterocycles. The van der Waals surface area contributed by atoms with Gasteiger partial charge in [-0.1, -0.05) is 48.6 Å². The molecule has 1 atom stereocenters. The molecule has 0 aromatic heterocycles. The van der Waals surface area contributed by atoms with E-state index in [1.807, 2.05) is 38.1 Å². The largest absolute Gasteiger partial charge is 0.444 e. The van der Waals surface area contributed by atoms with E-state index in [0.29, 0.717) is 0 Å². The molecule has 4 nitrogen and oxygen atoms in total. The van der Waals surface area contributed by atoms with Crippen molar-refractivity contribution in [1.29, 1.82) is 0 Å². The molecule has 27 heavy (non-hydrogen) atoms. The van der Waals surface area contributed by atoms with E-state index in [1.165, 1.54) is 0 Å². The van der Waals surface area contributed by atoms with Gasteiger partial charge in [-0.05, 0) is 45.8 Å². The van der Waals surface area contributed by atoms with Crippen LogP contribution in [0.5, 0.6) is 0 Å². The van der Waals surface area contributed by atoms with E-state index < -0.39 is 17.4 Å². The highest BCUT2D eigenvalue weighted by molar-refractivity contribution is 5.67. The fourth-order valence-electron chi connectivity index (χ4n) is 3.31. The monoisotopic (exact) mass is 374 g/mol. The van der Waals surface area contributed by atoms with Gasteiger partial charge in [0.25, 0.3) is 0 Å². The Morgan fingerprint density at radius 3 is 2.44 bits per heavy atom. The molecule has 2 rings (SSSR count). The second-order valence-corrected chi connectivity index (χ2v) is 8.01. The Balaban J connectivity index is 2.04. The van der Waals surface area contributed by atoms with Crippen LogP contribution in [0, 0.1) is 0 Å². The number of hydrogen-bond acceptors (Lipinski definition) is 3. The summed E-state index contributed by atoms with van der Waals surface area (Å²) in [6.07, 6.45) is 5.54. The minimum atomic E-state index is -1.45. The number of likely N-dealkylation sites (tertiary alicyclic amines) is 1. The molecular formula is C22H31FN2O2. The summed E-state index contributed by atoms with van der Waals surface area (Å²) in [6, 6.07) is 10.1. The summed E-state index contributed by atoms with van der Waals surface area (Å²) in [6.45, 7) is 9.81. The number of halogens is 1. The Labute approximate surface area is 162 Å². The average molecular weight is 375 g/mol. The molecule has 1 aromatic rings. The van der Waals surface area contributed by atoms with Crippen LogP contribution in [-0.2, 0) is 4.74 Å². The van der Waals surface area contributed by atoms with Gasteiger partial charge in [-0.2, -0.15) is 0 Å². The molecule has 0 aliphatic carbocycles. The number of benzene rings is 1. The first kappa shape index (κ1) is 21.2. The predicted octanol–water partition coefficient (Wildman–Crippen LogP) is 4.80. The summed E-state index contributed by atoms with van der Waals surface area (Å²) in [5.74, 6) is 0. The van der Waals surface area contributed by atoms with Crippen molar-refractivity contribution in [2.45, 2.75) is 51.9 Å². The quantitative estimate of drug-likeness (QED) is 0.727. The summed E-state index contributed by atoms with van der Waals surface area (Å²) in [7, 11) is 0. The summed E-state index contributed by atoms with van der Waals surface area (Å²) in [5.41, 5.74) is 0.223. The van der Waals surface area contributed by atoms with Crippen molar-refractivity contribution in [2.75, 3.05) is 19.6 Å². The number of hydrogen-bond donors (Lipinski definition) is 1. The van der Waals surface area contributed by atoms with Gasteiger partial charge in [-0.15, -0.1) is 0 Å². The third-order valence-electron chi connectivity index (χ3n) is 4.41. The highest BCUT2D eigenvalue weighted by atomic mass is 19.1. The lowest BCUT2D eigenvalue weighted by atomic mass is 9.88. The molecular weight excluding hydrogens is 343 g/mol. The van der Waals surface area contributed by atoms with Crippen molar-refractivity contribution in [2.24, 2.45) is 0 Å². The van der Waals surface area contributed by atoms with Crippen LogP contribution in [0.4, 0.5) is 9.18 Å². The standard InChI is InChI=1S/C22H31FN2O2/c1-6-11-17(7-2)19(18-12-9-8-10-13-18)25-15-22(23,16-25)14-24-20(26)27-21(3,4)5/h6-13,19H,14-16H2,1-5H3,(H,24,26)/b11-6-,17-7+. The van der Waals surface area contributed by atoms with Crippen molar-refractivity contribution in [3.05, 3.63) is 59.7 Å². The van der Waals surface area contributed by atoms with Gasteiger partial charge in [0, 0.05) is 13.1 Å². The van der Waals surface area contributed by atoms with E-state index in [4.69, 9.17) is 4.74 Å². The number of rotatable bonds is 6. The fourth-order valence-corrected chi connectivity index (χ4v) is 3.31. The van der Waals surface area contributed by atoms with Crippen LogP contribution in [0.1, 0.15) is 46.2 Å². The second kappa shape index (κ2) is 8.70. The highest BCUT2D eigenvalue weighted by Gasteiger charge is 2.47. The van der Waals surface area contributed by atoms with Crippen molar-refractivity contribution in [3.8, 4) is 0 Å². The topological polar surface area (TPSA) is 41.6 Å². The van der Waals surface area contributed by atoms with E-state index in [-0.39, 0.29) is 25.7 Å². The Morgan fingerprint density at radius 1 is 1.30 bits per heavy atom. The minimum Gasteiger partial charge on any atom is -0.444 e. The molecule has 1 unspecified atom stereocenters. The smallest absolute Gasteiger partial charge is 0.407 e. The molecule has 1 aromatic carbocycles. The van der Waals surface area contributed by atoms with Gasteiger partial charge in [0.05, 0.1) is 12.6 Å². The molecule has 1 N–H and O–H groups in total. The van der Waals surface area contributed by atoms with Gasteiger partial charge in [0.1, 0.15) is 5.60 Å². The minimum absolute atomic E-state index is 0.00204. The second-order valence-electron chi connectivity index (χ2n) is 8.01. The maximum Gasteiger partial charge on any atom is 0.407 e. The van der Waals surface area contributed by atoms with Crippen LogP contribution < -0.4 is 5.32 Å². The Morgan fingerprint density at radius 2 is 1.93 bits per heavy atom. The first-order chi connectivity index (χ1) is 12.7. The lowest BCUT2D eigenvalue weighted by molar-refractivity contribution is -0.0492. The Bertz CT molecular complexity index is 686. The Kier molecular flexibility index (Phi) is 6.82. The van der Waals surface area contributed by atoms with Gasteiger partial charge in [0.2, 0.25) is 0 Å². The van der Waals surface area contributed by atoms with Crippen molar-refractivity contribution < 1.29 is 13.9 Å². The molecule has 148 valence electrons.